The molecule has 3 fully saturated rings. The molecule has 2 heterocycles. The van der Waals surface area contributed by atoms with Gasteiger partial charge in [0.15, 0.2) is 11.6 Å². The number of nitrogens with one attached hydrogen (secondary N) is 1. The van der Waals surface area contributed by atoms with Crippen LogP contribution in [0.5, 0.6) is 0 Å². The van der Waals surface area contributed by atoms with E-state index in [9.17, 15) is 27.9 Å². The molecular weight excluding hydrogens is 499 g/mol. The number of urea groups is 1. The van der Waals surface area contributed by atoms with Crippen LogP contribution in [0.15, 0.2) is 54.1 Å². The number of cyclic esters (lactones) is 1. The first-order chi connectivity index (χ1) is 18.2. The van der Waals surface area contributed by atoms with Gasteiger partial charge in [-0.05, 0) is 80.1 Å². The lowest BCUT2D eigenvalue weighted by atomic mass is 9.84. The van der Waals surface area contributed by atoms with E-state index < -0.39 is 41.5 Å². The fourth-order valence-corrected chi connectivity index (χ4v) is 5.12. The number of likely N-dealkylation sites (tertiary alicyclic amines) is 1. The number of hydrogen-bond acceptors (Lipinski definition) is 5. The van der Waals surface area contributed by atoms with Crippen LogP contribution in [-0.2, 0) is 10.3 Å². The molecule has 202 valence electrons. The van der Waals surface area contributed by atoms with Gasteiger partial charge in [-0.15, -0.1) is 0 Å². The Morgan fingerprint density at radius 2 is 1.79 bits per heavy atom. The number of imide groups is 1. The molecule has 2 aliphatic heterocycles. The molecule has 2 saturated heterocycles. The van der Waals surface area contributed by atoms with E-state index in [1.165, 1.54) is 18.2 Å². The number of amides is 3. The molecule has 2 aromatic carbocycles. The largest absolute Gasteiger partial charge is 0.439 e. The number of ether oxygens (including phenoxy) is 1. The highest BCUT2D eigenvalue weighted by atomic mass is 19.2. The molecule has 0 bridgehead atoms. The molecule has 0 radical (unpaired) electrons. The number of piperidine rings is 1. The van der Waals surface area contributed by atoms with E-state index >= 15 is 0 Å². The maximum Gasteiger partial charge on any atom is 0.419 e. The fourth-order valence-electron chi connectivity index (χ4n) is 5.12. The number of rotatable bonds is 7. The Morgan fingerprint density at radius 3 is 2.45 bits per heavy atom. The number of halogens is 3. The van der Waals surface area contributed by atoms with Gasteiger partial charge in [-0.3, -0.25) is 0 Å². The fraction of sp³-hybridized carbons (Fsp3) is 0.429. The normalized spacial score (nSPS) is 22.8. The lowest BCUT2D eigenvalue weighted by molar-refractivity contribution is -0.0259. The summed E-state index contributed by atoms with van der Waals surface area (Å²) in [6.45, 7) is 2.26. The molecule has 2 atom stereocenters. The summed E-state index contributed by atoms with van der Waals surface area (Å²) < 4.78 is 46.2. The first kappa shape index (κ1) is 26.2. The van der Waals surface area contributed by atoms with Gasteiger partial charge in [0.2, 0.25) is 0 Å². The van der Waals surface area contributed by atoms with Gasteiger partial charge in [0.05, 0.1) is 5.60 Å². The Balaban J connectivity index is 1.15. The van der Waals surface area contributed by atoms with Crippen molar-refractivity contribution in [2.24, 2.45) is 0 Å². The summed E-state index contributed by atoms with van der Waals surface area (Å²) in [5.41, 5.74) is 1.07. The molecule has 0 spiro atoms. The average molecular weight is 530 g/mol. The molecular formula is C28H30F3N3O4. The zero-order valence-electron chi connectivity index (χ0n) is 20.8. The van der Waals surface area contributed by atoms with Crippen LogP contribution in [-0.4, -0.2) is 59.3 Å². The zero-order valence-corrected chi connectivity index (χ0v) is 20.8. The minimum Gasteiger partial charge on any atom is -0.439 e. The Bertz CT molecular complexity index is 1220. The van der Waals surface area contributed by atoms with E-state index in [0.717, 1.165) is 35.4 Å². The maximum absolute atomic E-state index is 14.0. The van der Waals surface area contributed by atoms with Crippen LogP contribution in [0.1, 0.15) is 49.3 Å². The number of aliphatic hydroxyl groups is 1. The van der Waals surface area contributed by atoms with Gasteiger partial charge in [0, 0.05) is 19.6 Å². The van der Waals surface area contributed by atoms with Crippen LogP contribution < -0.4 is 5.32 Å². The van der Waals surface area contributed by atoms with Gasteiger partial charge < -0.3 is 20.1 Å². The quantitative estimate of drug-likeness (QED) is 0.399. The smallest absolute Gasteiger partial charge is 0.419 e. The molecule has 3 aliphatic rings. The first-order valence-corrected chi connectivity index (χ1v) is 12.9. The van der Waals surface area contributed by atoms with Crippen LogP contribution in [0.4, 0.5) is 22.8 Å². The Kier molecular flexibility index (Phi) is 7.45. The SMILES string of the molecule is O=C(NCCCN1CCC(O)(c2ccc(F)cc2)CC1)N1C(=O)O[C@@H](C=C2CC2)[C@@H]1c1ccc(F)c(F)c1. The van der Waals surface area contributed by atoms with Gasteiger partial charge in [0.1, 0.15) is 18.0 Å². The third-order valence-corrected chi connectivity index (χ3v) is 7.46. The van der Waals surface area contributed by atoms with Crippen LogP contribution in [0.3, 0.4) is 0 Å². The predicted molar refractivity (Wildman–Crippen MR) is 133 cm³/mol. The van der Waals surface area contributed by atoms with Crippen molar-refractivity contribution in [3.05, 3.63) is 82.7 Å². The van der Waals surface area contributed by atoms with Crippen molar-refractivity contribution in [2.75, 3.05) is 26.2 Å². The first-order valence-electron chi connectivity index (χ1n) is 12.9. The number of hydrogen-bond donors (Lipinski definition) is 2. The monoisotopic (exact) mass is 529 g/mol. The number of allylic oxidation sites excluding steroid dienone is 1. The summed E-state index contributed by atoms with van der Waals surface area (Å²) in [5, 5.41) is 13.7. The standard InChI is InChI=1S/C28H30F3N3O4/c29-21-7-5-20(6-8-21)28(37)10-14-33(15-11-28)13-1-12-32-26(35)34-25(19-4-9-22(30)23(31)17-19)24(38-27(34)36)16-18-2-3-18/h4-9,16-17,24-25,37H,1-3,10-15H2,(H,32,35)/t24-,25-/m0/s1. The predicted octanol–water partition coefficient (Wildman–Crippen LogP) is 4.77. The second kappa shape index (κ2) is 10.8. The summed E-state index contributed by atoms with van der Waals surface area (Å²) in [6, 6.07) is 7.67. The summed E-state index contributed by atoms with van der Waals surface area (Å²) in [6.07, 6.45) is 3.55. The second-order valence-corrected chi connectivity index (χ2v) is 10.1. The molecule has 7 nitrogen and oxygen atoms in total. The van der Waals surface area contributed by atoms with E-state index in [1.54, 1.807) is 18.2 Å². The van der Waals surface area contributed by atoms with E-state index in [4.69, 9.17) is 4.74 Å². The van der Waals surface area contributed by atoms with E-state index in [0.29, 0.717) is 44.5 Å². The lowest BCUT2D eigenvalue weighted by Crippen LogP contribution is -2.45. The second-order valence-electron chi connectivity index (χ2n) is 10.1. The lowest BCUT2D eigenvalue weighted by Gasteiger charge is -2.38. The third-order valence-electron chi connectivity index (χ3n) is 7.46. The summed E-state index contributed by atoms with van der Waals surface area (Å²) in [5.74, 6) is -2.42. The molecule has 2 N–H and O–H groups in total. The summed E-state index contributed by atoms with van der Waals surface area (Å²) >= 11 is 0. The molecule has 10 heteroatoms. The van der Waals surface area contributed by atoms with E-state index in [1.807, 2.05) is 0 Å². The van der Waals surface area contributed by atoms with Crippen molar-refractivity contribution in [1.82, 2.24) is 15.1 Å². The highest BCUT2D eigenvalue weighted by Crippen LogP contribution is 2.38. The Morgan fingerprint density at radius 1 is 1.08 bits per heavy atom. The molecule has 2 aromatic rings. The molecule has 3 amide bonds. The van der Waals surface area contributed by atoms with Crippen LogP contribution in [0, 0.1) is 17.5 Å². The van der Waals surface area contributed by atoms with Crippen molar-refractivity contribution < 1.29 is 32.6 Å². The van der Waals surface area contributed by atoms with Gasteiger partial charge in [0.25, 0.3) is 0 Å². The molecule has 0 unspecified atom stereocenters. The van der Waals surface area contributed by atoms with Gasteiger partial charge in [-0.2, -0.15) is 0 Å². The van der Waals surface area contributed by atoms with Gasteiger partial charge in [-0.25, -0.2) is 27.7 Å². The van der Waals surface area contributed by atoms with E-state index in [2.05, 4.69) is 10.2 Å². The van der Waals surface area contributed by atoms with Crippen molar-refractivity contribution in [1.29, 1.82) is 0 Å². The zero-order chi connectivity index (χ0) is 26.9. The van der Waals surface area contributed by atoms with E-state index in [-0.39, 0.29) is 17.9 Å². The number of benzene rings is 2. The molecule has 5 rings (SSSR count). The molecule has 0 aromatic heterocycles. The molecule has 38 heavy (non-hydrogen) atoms. The number of carbonyl (C=O) groups excluding carboxylic acids is 2. The molecule has 1 saturated carbocycles. The molecule has 1 aliphatic carbocycles. The maximum atomic E-state index is 14.0. The average Bonchev–Trinajstić information content (AvgIpc) is 3.65. The van der Waals surface area contributed by atoms with Gasteiger partial charge in [-0.1, -0.05) is 23.8 Å². The van der Waals surface area contributed by atoms with Crippen LogP contribution in [0.2, 0.25) is 0 Å². The minimum atomic E-state index is -1.06. The highest BCUT2D eigenvalue weighted by Gasteiger charge is 2.46. The topological polar surface area (TPSA) is 82.1 Å². The number of carbonyl (C=O) groups is 2. The third kappa shape index (κ3) is 5.71. The highest BCUT2D eigenvalue weighted by molar-refractivity contribution is 5.93. The number of nitrogens with zero attached hydrogens (tertiary/aromatic N) is 2. The Hall–Kier alpha value is -3.37. The van der Waals surface area contributed by atoms with Crippen molar-refractivity contribution in [3.8, 4) is 0 Å². The van der Waals surface area contributed by atoms with Gasteiger partial charge >= 0.3 is 12.1 Å². The van der Waals surface area contributed by atoms with Crippen molar-refractivity contribution >= 4 is 12.1 Å². The van der Waals surface area contributed by atoms with Crippen molar-refractivity contribution in [3.63, 3.8) is 0 Å². The summed E-state index contributed by atoms with van der Waals surface area (Å²) in [7, 11) is 0. The van der Waals surface area contributed by atoms with Crippen LogP contribution in [0.25, 0.3) is 0 Å². The summed E-state index contributed by atoms with van der Waals surface area (Å²) in [4.78, 5) is 28.7. The minimum absolute atomic E-state index is 0.273. The van der Waals surface area contributed by atoms with Crippen LogP contribution >= 0.6 is 0 Å². The van der Waals surface area contributed by atoms with Crippen molar-refractivity contribution in [2.45, 2.75) is 49.9 Å². The Labute approximate surface area is 218 Å².